The first kappa shape index (κ1) is 19.5. The molecule has 1 N–H and O–H groups in total. The van der Waals surface area contributed by atoms with E-state index in [1.807, 2.05) is 6.92 Å². The molecule has 4 rings (SSSR count). The van der Waals surface area contributed by atoms with Crippen LogP contribution in [0.4, 0.5) is 5.69 Å². The zero-order valence-electron chi connectivity index (χ0n) is 15.7. The van der Waals surface area contributed by atoms with E-state index in [1.54, 1.807) is 36.6 Å². The van der Waals surface area contributed by atoms with Gasteiger partial charge in [-0.25, -0.2) is 9.97 Å². The Bertz CT molecular complexity index is 1050. The third kappa shape index (κ3) is 3.97. The third-order valence-corrected chi connectivity index (χ3v) is 7.13. The summed E-state index contributed by atoms with van der Waals surface area (Å²) < 4.78 is 5.14. The summed E-state index contributed by atoms with van der Waals surface area (Å²) in [5.41, 5.74) is 2.03. The molecule has 0 saturated carbocycles. The summed E-state index contributed by atoms with van der Waals surface area (Å²) in [6.07, 6.45) is 4.64. The molecule has 3 aromatic rings. The molecule has 0 radical (unpaired) electrons. The fourth-order valence-corrected chi connectivity index (χ4v) is 5.94. The van der Waals surface area contributed by atoms with E-state index >= 15 is 0 Å². The second kappa shape index (κ2) is 8.27. The number of fused-ring (bicyclic) bond motifs is 3. The van der Waals surface area contributed by atoms with Gasteiger partial charge in [0.2, 0.25) is 5.91 Å². The number of nitrogens with one attached hydrogen (secondary N) is 1. The van der Waals surface area contributed by atoms with E-state index in [9.17, 15) is 4.79 Å². The Morgan fingerprint density at radius 1 is 1.32 bits per heavy atom. The largest absolute Gasteiger partial charge is 0.495 e. The average molecular weight is 434 g/mol. The number of halogens is 1. The third-order valence-electron chi connectivity index (χ3n) is 4.67. The molecule has 5 nitrogen and oxygen atoms in total. The fraction of sp³-hybridized carbons (Fsp3) is 0.350. The molecule has 1 aromatic carbocycles. The molecular weight excluding hydrogens is 414 g/mol. The monoisotopic (exact) mass is 433 g/mol. The van der Waals surface area contributed by atoms with E-state index in [0.717, 1.165) is 33.9 Å². The van der Waals surface area contributed by atoms with Gasteiger partial charge in [0, 0.05) is 16.0 Å². The Labute approximate surface area is 176 Å². The predicted molar refractivity (Wildman–Crippen MR) is 116 cm³/mol. The minimum absolute atomic E-state index is 0.0975. The number of thiophene rings is 1. The molecule has 1 aliphatic carbocycles. The molecule has 0 fully saturated rings. The van der Waals surface area contributed by atoms with Crippen LogP contribution in [0.2, 0.25) is 5.02 Å². The molecule has 0 aliphatic heterocycles. The van der Waals surface area contributed by atoms with Crippen LogP contribution in [0.1, 0.15) is 29.1 Å². The first-order valence-electron chi connectivity index (χ1n) is 9.10. The number of anilines is 1. The van der Waals surface area contributed by atoms with Crippen molar-refractivity contribution in [1.82, 2.24) is 9.97 Å². The maximum Gasteiger partial charge on any atom is 0.234 e. The minimum Gasteiger partial charge on any atom is -0.495 e. The minimum atomic E-state index is -0.0975. The van der Waals surface area contributed by atoms with Crippen molar-refractivity contribution in [2.24, 2.45) is 0 Å². The number of hydrogen-bond donors (Lipinski definition) is 1. The molecule has 2 heterocycles. The van der Waals surface area contributed by atoms with Crippen molar-refractivity contribution in [3.05, 3.63) is 39.5 Å². The van der Waals surface area contributed by atoms with Gasteiger partial charge in [0.05, 0.1) is 17.9 Å². The van der Waals surface area contributed by atoms with Crippen molar-refractivity contribution in [2.45, 2.75) is 37.6 Å². The van der Waals surface area contributed by atoms with Gasteiger partial charge in [-0.2, -0.15) is 0 Å². The van der Waals surface area contributed by atoms with Crippen molar-refractivity contribution in [3.8, 4) is 5.75 Å². The summed E-state index contributed by atoms with van der Waals surface area (Å²) in [6, 6.07) is 5.20. The molecule has 0 bridgehead atoms. The van der Waals surface area contributed by atoms with E-state index < -0.39 is 0 Å². The van der Waals surface area contributed by atoms with Crippen LogP contribution in [-0.2, 0) is 17.6 Å². The van der Waals surface area contributed by atoms with Crippen LogP contribution < -0.4 is 10.1 Å². The fourth-order valence-electron chi connectivity index (χ4n) is 3.41. The van der Waals surface area contributed by atoms with Crippen molar-refractivity contribution in [1.29, 1.82) is 0 Å². The van der Waals surface area contributed by atoms with Gasteiger partial charge in [-0.1, -0.05) is 23.4 Å². The lowest BCUT2D eigenvalue weighted by Gasteiger charge is -2.12. The first-order chi connectivity index (χ1) is 13.5. The van der Waals surface area contributed by atoms with Gasteiger partial charge in [0.1, 0.15) is 21.4 Å². The molecule has 0 saturated heterocycles. The predicted octanol–water partition coefficient (Wildman–Crippen LogP) is 5.27. The standard InChI is InChI=1S/C20H20ClN3O2S2/c1-11-22-19(18-13-5-3-4-6-16(13)28-20(18)23-11)27-10-17(25)24-12-7-8-15(26-2)14(21)9-12/h7-9H,3-6,10H2,1-2H3,(H,24,25). The van der Waals surface area contributed by atoms with Gasteiger partial charge in [-0.05, 0) is 56.4 Å². The van der Waals surface area contributed by atoms with Crippen molar-refractivity contribution < 1.29 is 9.53 Å². The quantitative estimate of drug-likeness (QED) is 0.438. The van der Waals surface area contributed by atoms with E-state index in [1.165, 1.54) is 35.0 Å². The number of rotatable bonds is 5. The molecular formula is C20H20ClN3O2S2. The molecule has 2 aromatic heterocycles. The number of hydrogen-bond acceptors (Lipinski definition) is 6. The molecule has 146 valence electrons. The number of ether oxygens (including phenoxy) is 1. The highest BCUT2D eigenvalue weighted by atomic mass is 35.5. The van der Waals surface area contributed by atoms with Crippen LogP contribution in [0.3, 0.4) is 0 Å². The van der Waals surface area contributed by atoms with Crippen LogP contribution in [0.15, 0.2) is 23.2 Å². The Balaban J connectivity index is 1.51. The normalized spacial score (nSPS) is 13.4. The van der Waals surface area contributed by atoms with E-state index in [0.29, 0.717) is 16.5 Å². The zero-order valence-corrected chi connectivity index (χ0v) is 18.1. The second-order valence-electron chi connectivity index (χ2n) is 6.65. The Kier molecular flexibility index (Phi) is 5.75. The van der Waals surface area contributed by atoms with E-state index in [-0.39, 0.29) is 11.7 Å². The first-order valence-corrected chi connectivity index (χ1v) is 11.3. The lowest BCUT2D eigenvalue weighted by Crippen LogP contribution is -2.14. The topological polar surface area (TPSA) is 64.1 Å². The van der Waals surface area contributed by atoms with Crippen LogP contribution in [-0.4, -0.2) is 28.7 Å². The maximum atomic E-state index is 12.5. The Morgan fingerprint density at radius 2 is 2.14 bits per heavy atom. The average Bonchev–Trinajstić information content (AvgIpc) is 3.04. The van der Waals surface area contributed by atoms with Crippen LogP contribution in [0.25, 0.3) is 10.2 Å². The molecule has 28 heavy (non-hydrogen) atoms. The van der Waals surface area contributed by atoms with Gasteiger partial charge >= 0.3 is 0 Å². The van der Waals surface area contributed by atoms with E-state index in [4.69, 9.17) is 16.3 Å². The molecule has 0 unspecified atom stereocenters. The highest BCUT2D eigenvalue weighted by Crippen LogP contribution is 2.39. The van der Waals surface area contributed by atoms with Gasteiger partial charge < -0.3 is 10.1 Å². The summed E-state index contributed by atoms with van der Waals surface area (Å²) in [7, 11) is 1.56. The summed E-state index contributed by atoms with van der Waals surface area (Å²) in [5.74, 6) is 1.51. The summed E-state index contributed by atoms with van der Waals surface area (Å²) in [6.45, 7) is 1.90. The summed E-state index contributed by atoms with van der Waals surface area (Å²) in [5, 5.41) is 5.40. The highest BCUT2D eigenvalue weighted by molar-refractivity contribution is 8.00. The lowest BCUT2D eigenvalue weighted by atomic mass is 9.97. The zero-order chi connectivity index (χ0) is 19.7. The number of thioether (sulfide) groups is 1. The number of benzene rings is 1. The number of carbonyl (C=O) groups is 1. The smallest absolute Gasteiger partial charge is 0.234 e. The number of aryl methyl sites for hydroxylation is 3. The molecule has 8 heteroatoms. The molecule has 1 amide bonds. The van der Waals surface area contributed by atoms with Crippen LogP contribution >= 0.6 is 34.7 Å². The highest BCUT2D eigenvalue weighted by Gasteiger charge is 2.21. The van der Waals surface area contributed by atoms with Crippen LogP contribution in [0.5, 0.6) is 5.75 Å². The number of amides is 1. The Morgan fingerprint density at radius 3 is 2.93 bits per heavy atom. The van der Waals surface area contributed by atoms with Crippen molar-refractivity contribution in [2.75, 3.05) is 18.2 Å². The number of carbonyl (C=O) groups excluding carboxylic acids is 1. The van der Waals surface area contributed by atoms with Gasteiger partial charge in [0.25, 0.3) is 0 Å². The van der Waals surface area contributed by atoms with Crippen molar-refractivity contribution in [3.63, 3.8) is 0 Å². The number of methoxy groups -OCH3 is 1. The van der Waals surface area contributed by atoms with E-state index in [2.05, 4.69) is 15.3 Å². The number of aromatic nitrogens is 2. The van der Waals surface area contributed by atoms with Gasteiger partial charge in [-0.15, -0.1) is 11.3 Å². The van der Waals surface area contributed by atoms with Gasteiger partial charge in [0.15, 0.2) is 0 Å². The van der Waals surface area contributed by atoms with Crippen LogP contribution in [0, 0.1) is 6.92 Å². The van der Waals surface area contributed by atoms with Gasteiger partial charge in [-0.3, -0.25) is 4.79 Å². The molecule has 0 atom stereocenters. The molecule has 1 aliphatic rings. The Hall–Kier alpha value is -1.83. The molecule has 0 spiro atoms. The second-order valence-corrected chi connectivity index (χ2v) is 9.11. The lowest BCUT2D eigenvalue weighted by molar-refractivity contribution is -0.113. The van der Waals surface area contributed by atoms with Crippen molar-refractivity contribution >= 4 is 56.5 Å². The summed E-state index contributed by atoms with van der Waals surface area (Å²) in [4.78, 5) is 24.2. The SMILES string of the molecule is COc1ccc(NC(=O)CSc2nc(C)nc3sc4c(c23)CCCC4)cc1Cl. The summed E-state index contributed by atoms with van der Waals surface area (Å²) >= 11 is 9.37. The number of nitrogens with zero attached hydrogens (tertiary/aromatic N) is 2. The maximum absolute atomic E-state index is 12.5.